The average molecular weight is 195 g/mol. The van der Waals surface area contributed by atoms with Gasteiger partial charge in [-0.05, 0) is 31.2 Å². The van der Waals surface area contributed by atoms with Gasteiger partial charge in [-0.2, -0.15) is 0 Å². The summed E-state index contributed by atoms with van der Waals surface area (Å²) in [6.07, 6.45) is 0.464. The first kappa shape index (κ1) is 10.7. The van der Waals surface area contributed by atoms with Crippen LogP contribution in [0.4, 0.5) is 10.1 Å². The summed E-state index contributed by atoms with van der Waals surface area (Å²) in [5.41, 5.74) is 0.751. The lowest BCUT2D eigenvalue weighted by atomic mass is 10.2. The van der Waals surface area contributed by atoms with Crippen molar-refractivity contribution in [2.75, 3.05) is 11.4 Å². The van der Waals surface area contributed by atoms with Crippen molar-refractivity contribution in [2.45, 2.75) is 20.3 Å². The summed E-state index contributed by atoms with van der Waals surface area (Å²) in [7, 11) is 0. The fraction of sp³-hybridized carbons (Fsp3) is 0.364. The molecule has 0 fully saturated rings. The maximum Gasteiger partial charge on any atom is 0.226 e. The van der Waals surface area contributed by atoms with Crippen molar-refractivity contribution >= 4 is 11.6 Å². The number of amides is 1. The van der Waals surface area contributed by atoms with Gasteiger partial charge in [-0.3, -0.25) is 4.79 Å². The van der Waals surface area contributed by atoms with Gasteiger partial charge in [-0.15, -0.1) is 0 Å². The molecular weight excluding hydrogens is 181 g/mol. The Hall–Kier alpha value is -1.38. The lowest BCUT2D eigenvalue weighted by Crippen LogP contribution is -2.29. The Balaban J connectivity index is 2.89. The van der Waals surface area contributed by atoms with Crippen LogP contribution in [0, 0.1) is 5.82 Å². The van der Waals surface area contributed by atoms with Crippen molar-refractivity contribution < 1.29 is 9.18 Å². The highest BCUT2D eigenvalue weighted by atomic mass is 19.1. The molecule has 0 unspecified atom stereocenters. The van der Waals surface area contributed by atoms with E-state index in [1.54, 1.807) is 17.0 Å². The number of benzene rings is 1. The highest BCUT2D eigenvalue weighted by Gasteiger charge is 2.10. The molecule has 0 aliphatic rings. The Bertz CT molecular complexity index is 308. The van der Waals surface area contributed by atoms with Gasteiger partial charge in [0.25, 0.3) is 0 Å². The first-order valence-corrected chi connectivity index (χ1v) is 4.75. The quantitative estimate of drug-likeness (QED) is 0.726. The lowest BCUT2D eigenvalue weighted by molar-refractivity contribution is -0.118. The fourth-order valence-electron chi connectivity index (χ4n) is 1.31. The zero-order valence-electron chi connectivity index (χ0n) is 8.46. The Kier molecular flexibility index (Phi) is 3.63. The van der Waals surface area contributed by atoms with Crippen LogP contribution >= 0.6 is 0 Å². The lowest BCUT2D eigenvalue weighted by Gasteiger charge is -2.20. The highest BCUT2D eigenvalue weighted by Crippen LogP contribution is 2.15. The van der Waals surface area contributed by atoms with Crippen LogP contribution in [-0.2, 0) is 4.79 Å². The summed E-state index contributed by atoms with van der Waals surface area (Å²) in [6, 6.07) is 5.96. The molecule has 2 nitrogen and oxygen atoms in total. The van der Waals surface area contributed by atoms with E-state index in [0.29, 0.717) is 13.0 Å². The van der Waals surface area contributed by atoms with Gasteiger partial charge in [0.15, 0.2) is 0 Å². The van der Waals surface area contributed by atoms with E-state index in [9.17, 15) is 9.18 Å². The van der Waals surface area contributed by atoms with Crippen molar-refractivity contribution in [2.24, 2.45) is 0 Å². The number of halogens is 1. The van der Waals surface area contributed by atoms with E-state index in [2.05, 4.69) is 0 Å². The molecule has 3 heteroatoms. The molecular formula is C11H14FNO. The Morgan fingerprint density at radius 3 is 2.29 bits per heavy atom. The molecule has 76 valence electrons. The van der Waals surface area contributed by atoms with Crippen molar-refractivity contribution in [1.29, 1.82) is 0 Å². The number of carbonyl (C=O) groups excluding carboxylic acids is 1. The highest BCUT2D eigenvalue weighted by molar-refractivity contribution is 5.92. The van der Waals surface area contributed by atoms with Gasteiger partial charge < -0.3 is 4.90 Å². The van der Waals surface area contributed by atoms with E-state index in [-0.39, 0.29) is 11.7 Å². The first-order chi connectivity index (χ1) is 6.69. The predicted molar refractivity (Wildman–Crippen MR) is 54.7 cm³/mol. The van der Waals surface area contributed by atoms with Crippen molar-refractivity contribution in [3.8, 4) is 0 Å². The molecule has 0 aliphatic heterocycles. The first-order valence-electron chi connectivity index (χ1n) is 4.75. The maximum atomic E-state index is 12.6. The number of anilines is 1. The number of carbonyl (C=O) groups is 1. The van der Waals surface area contributed by atoms with Crippen LogP contribution in [0.25, 0.3) is 0 Å². The number of hydrogen-bond donors (Lipinski definition) is 0. The van der Waals surface area contributed by atoms with Crippen LogP contribution in [0.2, 0.25) is 0 Å². The van der Waals surface area contributed by atoms with E-state index >= 15 is 0 Å². The average Bonchev–Trinajstić information content (AvgIpc) is 2.21. The predicted octanol–water partition coefficient (Wildman–Crippen LogP) is 2.59. The molecule has 0 aliphatic carbocycles. The summed E-state index contributed by atoms with van der Waals surface area (Å²) >= 11 is 0. The van der Waals surface area contributed by atoms with Crippen LogP contribution in [-0.4, -0.2) is 12.5 Å². The largest absolute Gasteiger partial charge is 0.313 e. The second-order valence-corrected chi connectivity index (χ2v) is 2.97. The molecule has 14 heavy (non-hydrogen) atoms. The molecule has 0 bridgehead atoms. The minimum atomic E-state index is -0.284. The minimum absolute atomic E-state index is 0.0547. The molecule has 0 aromatic heterocycles. The van der Waals surface area contributed by atoms with E-state index in [1.165, 1.54) is 12.1 Å². The van der Waals surface area contributed by atoms with Crippen molar-refractivity contribution in [3.63, 3.8) is 0 Å². The summed E-state index contributed by atoms with van der Waals surface area (Å²) < 4.78 is 12.6. The summed E-state index contributed by atoms with van der Waals surface area (Å²) in [5, 5.41) is 0. The smallest absolute Gasteiger partial charge is 0.226 e. The molecule has 1 rings (SSSR count). The Morgan fingerprint density at radius 2 is 1.86 bits per heavy atom. The second-order valence-electron chi connectivity index (χ2n) is 2.97. The van der Waals surface area contributed by atoms with Crippen LogP contribution < -0.4 is 4.90 Å². The zero-order chi connectivity index (χ0) is 10.6. The molecule has 1 amide bonds. The van der Waals surface area contributed by atoms with Gasteiger partial charge >= 0.3 is 0 Å². The molecule has 0 spiro atoms. The third-order valence-electron chi connectivity index (χ3n) is 2.06. The molecule has 0 saturated heterocycles. The monoisotopic (exact) mass is 195 g/mol. The van der Waals surface area contributed by atoms with E-state index in [4.69, 9.17) is 0 Å². The molecule has 1 aromatic rings. The molecule has 0 heterocycles. The van der Waals surface area contributed by atoms with Gasteiger partial charge in [0, 0.05) is 18.7 Å². The van der Waals surface area contributed by atoms with Crippen molar-refractivity contribution in [1.82, 2.24) is 0 Å². The number of hydrogen-bond acceptors (Lipinski definition) is 1. The van der Waals surface area contributed by atoms with Crippen LogP contribution in [0.1, 0.15) is 20.3 Å². The van der Waals surface area contributed by atoms with Gasteiger partial charge in [0.1, 0.15) is 5.82 Å². The normalized spacial score (nSPS) is 9.93. The summed E-state index contributed by atoms with van der Waals surface area (Å²) in [5.74, 6) is -0.229. The van der Waals surface area contributed by atoms with Crippen molar-refractivity contribution in [3.05, 3.63) is 30.1 Å². The minimum Gasteiger partial charge on any atom is -0.313 e. The molecule has 1 aromatic carbocycles. The third-order valence-corrected chi connectivity index (χ3v) is 2.06. The number of nitrogens with zero attached hydrogens (tertiary/aromatic N) is 1. The topological polar surface area (TPSA) is 20.3 Å². The second kappa shape index (κ2) is 4.74. The van der Waals surface area contributed by atoms with E-state index < -0.39 is 0 Å². The van der Waals surface area contributed by atoms with Gasteiger partial charge in [-0.25, -0.2) is 4.39 Å². The van der Waals surface area contributed by atoms with Crippen LogP contribution in [0.5, 0.6) is 0 Å². The van der Waals surface area contributed by atoms with Gasteiger partial charge in [0.2, 0.25) is 5.91 Å². The summed E-state index contributed by atoms with van der Waals surface area (Å²) in [4.78, 5) is 13.1. The zero-order valence-corrected chi connectivity index (χ0v) is 8.46. The Labute approximate surface area is 83.3 Å². The molecule has 0 N–H and O–H groups in total. The van der Waals surface area contributed by atoms with E-state index in [0.717, 1.165) is 5.69 Å². The SMILES string of the molecule is CCC(=O)N(CC)c1ccc(F)cc1. The van der Waals surface area contributed by atoms with Crippen LogP contribution in [0.15, 0.2) is 24.3 Å². The molecule has 0 radical (unpaired) electrons. The standard InChI is InChI=1S/C11H14FNO/c1-3-11(14)13(4-2)10-7-5-9(12)6-8-10/h5-8H,3-4H2,1-2H3. The molecule has 0 atom stereocenters. The number of rotatable bonds is 3. The summed E-state index contributed by atoms with van der Waals surface area (Å²) in [6.45, 7) is 4.32. The van der Waals surface area contributed by atoms with Crippen LogP contribution in [0.3, 0.4) is 0 Å². The Morgan fingerprint density at radius 1 is 1.29 bits per heavy atom. The fourth-order valence-corrected chi connectivity index (χ4v) is 1.31. The van der Waals surface area contributed by atoms with Gasteiger partial charge in [0.05, 0.1) is 0 Å². The van der Waals surface area contributed by atoms with E-state index in [1.807, 2.05) is 13.8 Å². The third kappa shape index (κ3) is 2.31. The van der Waals surface area contributed by atoms with Gasteiger partial charge in [-0.1, -0.05) is 6.92 Å². The maximum absolute atomic E-state index is 12.6. The molecule has 0 saturated carbocycles.